The summed E-state index contributed by atoms with van der Waals surface area (Å²) in [5.41, 5.74) is 4.78. The number of nitrogens with one attached hydrogen (secondary N) is 1. The number of hydrogen-bond acceptors (Lipinski definition) is 4. The highest BCUT2D eigenvalue weighted by molar-refractivity contribution is 6.02. The Hall–Kier alpha value is -4.13. The Morgan fingerprint density at radius 2 is 1.55 bits per heavy atom. The first-order valence-corrected chi connectivity index (χ1v) is 13.1. The van der Waals surface area contributed by atoms with Crippen molar-refractivity contribution in [3.8, 4) is 0 Å². The Kier molecular flexibility index (Phi) is 8.46. The first kappa shape index (κ1) is 26.9. The van der Waals surface area contributed by atoms with Crippen molar-refractivity contribution in [2.45, 2.75) is 27.3 Å². The van der Waals surface area contributed by atoms with E-state index in [2.05, 4.69) is 10.2 Å². The molecule has 1 saturated heterocycles. The first-order chi connectivity index (χ1) is 18.2. The van der Waals surface area contributed by atoms with Crippen LogP contribution >= 0.6 is 0 Å². The number of carbonyl (C=O) groups is 3. The van der Waals surface area contributed by atoms with Gasteiger partial charge in [0.1, 0.15) is 0 Å². The third-order valence-corrected chi connectivity index (χ3v) is 6.83. The summed E-state index contributed by atoms with van der Waals surface area (Å²) in [6.07, 6.45) is 0. The standard InChI is InChI=1S/C31H36N4O3/c1-22(2)29(36)32-26-14-15-28(27(20-26)31(38)33(4)21-24-8-6-5-7-9-24)34-16-18-35(19-17-34)30(37)25-12-10-23(3)11-13-25/h5-15,20,22H,16-19,21H2,1-4H3,(H,32,36). The molecule has 38 heavy (non-hydrogen) atoms. The van der Waals surface area contributed by atoms with Crippen molar-refractivity contribution in [2.75, 3.05) is 43.4 Å². The van der Waals surface area contributed by atoms with Gasteiger partial charge in [-0.05, 0) is 42.8 Å². The third kappa shape index (κ3) is 6.40. The van der Waals surface area contributed by atoms with Gasteiger partial charge in [0, 0.05) is 62.6 Å². The van der Waals surface area contributed by atoms with Crippen molar-refractivity contribution >= 4 is 29.1 Å². The monoisotopic (exact) mass is 512 g/mol. The highest BCUT2D eigenvalue weighted by atomic mass is 16.2. The van der Waals surface area contributed by atoms with Gasteiger partial charge in [0.2, 0.25) is 5.91 Å². The number of nitrogens with zero attached hydrogens (tertiary/aromatic N) is 3. The van der Waals surface area contributed by atoms with Crippen LogP contribution in [0.1, 0.15) is 45.7 Å². The molecule has 0 unspecified atom stereocenters. The lowest BCUT2D eigenvalue weighted by Crippen LogP contribution is -2.49. The van der Waals surface area contributed by atoms with Gasteiger partial charge in [-0.15, -0.1) is 0 Å². The van der Waals surface area contributed by atoms with E-state index in [0.29, 0.717) is 49.5 Å². The first-order valence-electron chi connectivity index (χ1n) is 13.1. The predicted octanol–water partition coefficient (Wildman–Crippen LogP) is 4.82. The van der Waals surface area contributed by atoms with Gasteiger partial charge in [0.05, 0.1) is 5.56 Å². The van der Waals surface area contributed by atoms with Crippen LogP contribution in [0.25, 0.3) is 0 Å². The Morgan fingerprint density at radius 3 is 2.18 bits per heavy atom. The van der Waals surface area contributed by atoms with Crippen molar-refractivity contribution in [3.05, 3.63) is 95.1 Å². The number of amides is 3. The molecule has 0 radical (unpaired) electrons. The van der Waals surface area contributed by atoms with Crippen LogP contribution in [0.3, 0.4) is 0 Å². The quantitative estimate of drug-likeness (QED) is 0.493. The van der Waals surface area contributed by atoms with Crippen LogP contribution in [0.5, 0.6) is 0 Å². The zero-order chi connectivity index (χ0) is 27.2. The van der Waals surface area contributed by atoms with E-state index >= 15 is 0 Å². The molecule has 0 aromatic heterocycles. The van der Waals surface area contributed by atoms with Gasteiger partial charge < -0.3 is 20.0 Å². The summed E-state index contributed by atoms with van der Waals surface area (Å²) in [5, 5.41) is 2.92. The topological polar surface area (TPSA) is 73.0 Å². The van der Waals surface area contributed by atoms with E-state index in [9.17, 15) is 14.4 Å². The number of benzene rings is 3. The molecule has 7 heteroatoms. The maximum atomic E-state index is 13.7. The van der Waals surface area contributed by atoms with Crippen LogP contribution in [0.2, 0.25) is 0 Å². The summed E-state index contributed by atoms with van der Waals surface area (Å²) >= 11 is 0. The van der Waals surface area contributed by atoms with Gasteiger partial charge in [0.25, 0.3) is 11.8 Å². The van der Waals surface area contributed by atoms with Gasteiger partial charge in [0.15, 0.2) is 0 Å². The molecule has 1 fully saturated rings. The lowest BCUT2D eigenvalue weighted by atomic mass is 10.1. The SMILES string of the molecule is Cc1ccc(C(=O)N2CCN(c3ccc(NC(=O)C(C)C)cc3C(=O)N(C)Cc3ccccc3)CC2)cc1. The molecule has 4 rings (SSSR count). The van der Waals surface area contributed by atoms with Gasteiger partial charge in [-0.3, -0.25) is 14.4 Å². The van der Waals surface area contributed by atoms with E-state index in [0.717, 1.165) is 16.8 Å². The third-order valence-electron chi connectivity index (χ3n) is 6.83. The summed E-state index contributed by atoms with van der Waals surface area (Å²) in [7, 11) is 1.79. The number of carbonyl (C=O) groups excluding carboxylic acids is 3. The van der Waals surface area contributed by atoms with Crippen molar-refractivity contribution in [3.63, 3.8) is 0 Å². The summed E-state index contributed by atoms with van der Waals surface area (Å²) in [6, 6.07) is 23.0. The predicted molar refractivity (Wildman–Crippen MR) is 151 cm³/mol. The molecular formula is C31H36N4O3. The van der Waals surface area contributed by atoms with E-state index in [4.69, 9.17) is 0 Å². The fraction of sp³-hybridized carbons (Fsp3) is 0.323. The second kappa shape index (κ2) is 11.9. The maximum absolute atomic E-state index is 13.7. The van der Waals surface area contributed by atoms with E-state index in [-0.39, 0.29) is 23.6 Å². The number of piperazine rings is 1. The molecular weight excluding hydrogens is 476 g/mol. The molecule has 0 atom stereocenters. The van der Waals surface area contributed by atoms with Crippen LogP contribution in [0, 0.1) is 12.8 Å². The summed E-state index contributed by atoms with van der Waals surface area (Å²) in [5.74, 6) is -0.372. The minimum atomic E-state index is -0.172. The number of rotatable bonds is 7. The highest BCUT2D eigenvalue weighted by Gasteiger charge is 2.26. The molecule has 1 aliphatic rings. The van der Waals surface area contributed by atoms with Crippen molar-refractivity contribution in [1.82, 2.24) is 9.80 Å². The van der Waals surface area contributed by atoms with Crippen molar-refractivity contribution in [1.29, 1.82) is 0 Å². The van der Waals surface area contributed by atoms with Crippen molar-refractivity contribution < 1.29 is 14.4 Å². The second-order valence-corrected chi connectivity index (χ2v) is 10.2. The van der Waals surface area contributed by atoms with E-state index < -0.39 is 0 Å². The normalized spacial score (nSPS) is 13.4. The summed E-state index contributed by atoms with van der Waals surface area (Å²) in [6.45, 7) is 8.48. The molecule has 3 aromatic carbocycles. The van der Waals surface area contributed by atoms with Crippen LogP contribution < -0.4 is 10.2 Å². The molecule has 1 heterocycles. The Morgan fingerprint density at radius 1 is 0.895 bits per heavy atom. The minimum Gasteiger partial charge on any atom is -0.367 e. The number of anilines is 2. The van der Waals surface area contributed by atoms with Gasteiger partial charge >= 0.3 is 0 Å². The lowest BCUT2D eigenvalue weighted by Gasteiger charge is -2.37. The largest absolute Gasteiger partial charge is 0.367 e. The Labute approximate surface area is 225 Å². The van der Waals surface area contributed by atoms with Gasteiger partial charge in [-0.1, -0.05) is 61.9 Å². The second-order valence-electron chi connectivity index (χ2n) is 10.2. The number of aryl methyl sites for hydroxylation is 1. The maximum Gasteiger partial charge on any atom is 0.256 e. The molecule has 0 aliphatic carbocycles. The lowest BCUT2D eigenvalue weighted by molar-refractivity contribution is -0.118. The van der Waals surface area contributed by atoms with Crippen molar-refractivity contribution in [2.24, 2.45) is 5.92 Å². The molecule has 198 valence electrons. The van der Waals surface area contributed by atoms with Crippen LogP contribution in [-0.2, 0) is 11.3 Å². The molecule has 7 nitrogen and oxygen atoms in total. The summed E-state index contributed by atoms with van der Waals surface area (Å²) in [4.78, 5) is 44.7. The van der Waals surface area contributed by atoms with Gasteiger partial charge in [-0.25, -0.2) is 0 Å². The van der Waals surface area contributed by atoms with Gasteiger partial charge in [-0.2, -0.15) is 0 Å². The molecule has 1 aliphatic heterocycles. The number of hydrogen-bond donors (Lipinski definition) is 1. The smallest absolute Gasteiger partial charge is 0.256 e. The minimum absolute atomic E-state index is 0.0234. The molecule has 1 N–H and O–H groups in total. The van der Waals surface area contributed by atoms with Crippen LogP contribution in [0.4, 0.5) is 11.4 Å². The fourth-order valence-corrected chi connectivity index (χ4v) is 4.51. The molecule has 0 bridgehead atoms. The molecule has 3 aromatic rings. The zero-order valence-corrected chi connectivity index (χ0v) is 22.6. The highest BCUT2D eigenvalue weighted by Crippen LogP contribution is 2.28. The van der Waals surface area contributed by atoms with E-state index in [1.165, 1.54) is 0 Å². The summed E-state index contributed by atoms with van der Waals surface area (Å²) < 4.78 is 0. The molecule has 0 saturated carbocycles. The Balaban J connectivity index is 1.54. The fourth-order valence-electron chi connectivity index (χ4n) is 4.51. The molecule has 3 amide bonds. The van der Waals surface area contributed by atoms with E-state index in [1.807, 2.05) is 92.4 Å². The molecule has 0 spiro atoms. The zero-order valence-electron chi connectivity index (χ0n) is 22.6. The average Bonchev–Trinajstić information content (AvgIpc) is 2.93. The average molecular weight is 513 g/mol. The van der Waals surface area contributed by atoms with Crippen LogP contribution in [-0.4, -0.2) is 60.7 Å². The van der Waals surface area contributed by atoms with Crippen LogP contribution in [0.15, 0.2) is 72.8 Å². The van der Waals surface area contributed by atoms with E-state index in [1.54, 1.807) is 18.0 Å². The Bertz CT molecular complexity index is 1280.